The highest BCUT2D eigenvalue weighted by molar-refractivity contribution is 7.86. The van der Waals surface area contributed by atoms with Gasteiger partial charge >= 0.3 is 15.6 Å². The van der Waals surface area contributed by atoms with Gasteiger partial charge in [-0.25, -0.2) is 0 Å². The highest BCUT2D eigenvalue weighted by Crippen LogP contribution is 2.34. The number of hydrogen-bond acceptors (Lipinski definition) is 4. The lowest BCUT2D eigenvalue weighted by atomic mass is 10.2. The van der Waals surface area contributed by atoms with E-state index in [0.717, 1.165) is 11.5 Å². The second kappa shape index (κ2) is 11.8. The van der Waals surface area contributed by atoms with E-state index in [4.69, 9.17) is 22.4 Å². The molecule has 0 radical (unpaired) electrons. The van der Waals surface area contributed by atoms with Gasteiger partial charge in [-0.05, 0) is 89.6 Å². The first-order chi connectivity index (χ1) is 16.9. The van der Waals surface area contributed by atoms with Crippen molar-refractivity contribution in [2.45, 2.75) is 58.3 Å². The van der Waals surface area contributed by atoms with Crippen LogP contribution in [0.4, 0.5) is 13.2 Å². The quantitative estimate of drug-likeness (QED) is 0.230. The van der Waals surface area contributed by atoms with Crippen molar-refractivity contribution in [1.29, 1.82) is 0 Å². The van der Waals surface area contributed by atoms with Crippen molar-refractivity contribution in [3.05, 3.63) is 78.9 Å². The van der Waals surface area contributed by atoms with Crippen LogP contribution >= 0.6 is 7.92 Å². The normalized spacial score (nSPS) is 12.5. The minimum Gasteiger partial charge on any atom is -0.488 e. The maximum atomic E-state index is 10.7. The third-order valence-corrected chi connectivity index (χ3v) is 7.37. The van der Waals surface area contributed by atoms with Crippen LogP contribution < -0.4 is 25.4 Å². The van der Waals surface area contributed by atoms with Gasteiger partial charge in [-0.2, -0.15) is 21.6 Å². The molecule has 0 aromatic heterocycles. The summed E-state index contributed by atoms with van der Waals surface area (Å²) in [7, 11) is -6.49. The van der Waals surface area contributed by atoms with Crippen molar-refractivity contribution in [3.8, 4) is 11.5 Å². The summed E-state index contributed by atoms with van der Waals surface area (Å²) in [6.45, 7) is 12.4. The second-order valence-electron chi connectivity index (χ2n) is 10.0. The van der Waals surface area contributed by atoms with Crippen molar-refractivity contribution < 1.29 is 35.6 Å². The van der Waals surface area contributed by atoms with Gasteiger partial charge in [-0.15, -0.1) is 0 Å². The van der Waals surface area contributed by atoms with Crippen LogP contribution in [0.25, 0.3) is 0 Å². The third-order valence-electron chi connectivity index (χ3n) is 4.34. The summed E-state index contributed by atoms with van der Waals surface area (Å²) < 4.78 is 69.5. The smallest absolute Gasteiger partial charge is 0.488 e. The van der Waals surface area contributed by atoms with Crippen molar-refractivity contribution in [3.63, 3.8) is 0 Å². The Balaban J connectivity index is 0.000000521. The Kier molecular flexibility index (Phi) is 9.80. The first kappa shape index (κ1) is 30.6. The van der Waals surface area contributed by atoms with Crippen LogP contribution in [-0.2, 0) is 10.1 Å². The summed E-state index contributed by atoms with van der Waals surface area (Å²) in [5.41, 5.74) is -5.93. The first-order valence-corrected chi connectivity index (χ1v) is 14.1. The number of ether oxygens (including phenoxy) is 2. The van der Waals surface area contributed by atoms with E-state index in [1.807, 2.05) is 0 Å². The molecule has 202 valence electrons. The number of rotatable bonds is 5. The molecule has 1 N–H and O–H groups in total. The van der Waals surface area contributed by atoms with Gasteiger partial charge in [0.2, 0.25) is 0 Å². The van der Waals surface area contributed by atoms with E-state index in [0.29, 0.717) is 0 Å². The molecule has 5 nitrogen and oxygen atoms in total. The fraction of sp³-hybridized carbons (Fsp3) is 0.333. The van der Waals surface area contributed by atoms with E-state index in [1.54, 1.807) is 0 Å². The zero-order chi connectivity index (χ0) is 28.1. The molecule has 37 heavy (non-hydrogen) atoms. The Morgan fingerprint density at radius 2 is 0.919 bits per heavy atom. The molecule has 0 heterocycles. The zero-order valence-corrected chi connectivity index (χ0v) is 23.3. The molecule has 0 amide bonds. The maximum absolute atomic E-state index is 10.7. The van der Waals surface area contributed by atoms with Crippen molar-refractivity contribution in [2.24, 2.45) is 0 Å². The zero-order valence-electron chi connectivity index (χ0n) is 21.6. The Morgan fingerprint density at radius 3 is 1.19 bits per heavy atom. The Morgan fingerprint density at radius 1 is 0.622 bits per heavy atom. The standard InChI is InChI=1S/C26H31O2P.CHF3O3S/c1-25(2,3)27-20-12-16-23(17-13-20)29(22-10-8-7-9-11-22)24-18-14-21(15-19-24)28-26(4,5)6;2-1(3,4)8(5,6)7/h7-19H,1-6H3;(H,5,6,7). The Bertz CT molecular complexity index is 1170. The second-order valence-corrected chi connectivity index (χ2v) is 13.6. The van der Waals surface area contributed by atoms with Crippen molar-refractivity contribution >= 4 is 34.0 Å². The van der Waals surface area contributed by atoms with Crippen LogP contribution in [0.2, 0.25) is 0 Å². The van der Waals surface area contributed by atoms with Gasteiger partial charge in [-0.3, -0.25) is 4.55 Å². The van der Waals surface area contributed by atoms with Crippen LogP contribution in [0.15, 0.2) is 78.9 Å². The fourth-order valence-electron chi connectivity index (χ4n) is 3.06. The maximum Gasteiger partial charge on any atom is 0.522 e. The van der Waals surface area contributed by atoms with Crippen molar-refractivity contribution in [1.82, 2.24) is 0 Å². The SMILES string of the molecule is CC(C)(C)Oc1ccc(P(c2ccccc2)c2ccc(OC(C)(C)C)cc2)cc1.O=S(=O)(O)C(F)(F)F. The average Bonchev–Trinajstić information content (AvgIpc) is 2.74. The summed E-state index contributed by atoms with van der Waals surface area (Å²) >= 11 is 0. The third kappa shape index (κ3) is 10.3. The van der Waals surface area contributed by atoms with Crippen LogP contribution in [0.5, 0.6) is 11.5 Å². The number of halogens is 3. The van der Waals surface area contributed by atoms with Gasteiger partial charge in [0, 0.05) is 0 Å². The van der Waals surface area contributed by atoms with Gasteiger partial charge in [-0.1, -0.05) is 54.6 Å². The van der Waals surface area contributed by atoms with Gasteiger partial charge in [0.05, 0.1) is 0 Å². The molecule has 0 aliphatic rings. The highest BCUT2D eigenvalue weighted by atomic mass is 32.2. The minimum atomic E-state index is -5.84. The highest BCUT2D eigenvalue weighted by Gasteiger charge is 2.44. The van der Waals surface area contributed by atoms with Crippen LogP contribution in [0.1, 0.15) is 41.5 Å². The molecule has 0 bridgehead atoms. The molecule has 0 saturated heterocycles. The van der Waals surface area contributed by atoms with Crippen molar-refractivity contribution in [2.75, 3.05) is 0 Å². The van der Waals surface area contributed by atoms with E-state index in [2.05, 4.69) is 120 Å². The molecule has 3 aromatic rings. The van der Waals surface area contributed by atoms with Crippen LogP contribution in [0, 0.1) is 0 Å². The summed E-state index contributed by atoms with van der Waals surface area (Å²) in [5, 5.41) is 3.94. The number of hydrogen-bond donors (Lipinski definition) is 1. The molecule has 0 fully saturated rings. The molecule has 0 saturated carbocycles. The van der Waals surface area contributed by atoms with E-state index >= 15 is 0 Å². The molecular formula is C27H32F3O5PS. The van der Waals surface area contributed by atoms with Gasteiger partial charge < -0.3 is 9.47 Å². The summed E-state index contributed by atoms with van der Waals surface area (Å²) in [4.78, 5) is 0. The minimum absolute atomic E-state index is 0.200. The molecular weight excluding hydrogens is 524 g/mol. The average molecular weight is 557 g/mol. The largest absolute Gasteiger partial charge is 0.522 e. The van der Waals surface area contributed by atoms with E-state index < -0.39 is 23.5 Å². The molecule has 0 atom stereocenters. The molecule has 10 heteroatoms. The summed E-state index contributed by atoms with van der Waals surface area (Å²) in [6.07, 6.45) is 0. The summed E-state index contributed by atoms with van der Waals surface area (Å²) in [5.74, 6) is 1.80. The topological polar surface area (TPSA) is 72.8 Å². The van der Waals surface area contributed by atoms with Crippen LogP contribution in [-0.4, -0.2) is 29.7 Å². The van der Waals surface area contributed by atoms with E-state index in [-0.39, 0.29) is 11.2 Å². The number of benzene rings is 3. The predicted molar refractivity (Wildman–Crippen MR) is 144 cm³/mol. The molecule has 0 spiro atoms. The molecule has 0 aliphatic carbocycles. The van der Waals surface area contributed by atoms with Crippen LogP contribution in [0.3, 0.4) is 0 Å². The predicted octanol–water partition coefficient (Wildman–Crippen LogP) is 6.19. The Hall–Kier alpha value is -2.61. The first-order valence-electron chi connectivity index (χ1n) is 11.3. The fourth-order valence-corrected chi connectivity index (χ4v) is 5.32. The lowest BCUT2D eigenvalue weighted by molar-refractivity contribution is -0.0510. The Labute approximate surface area is 218 Å². The van der Waals surface area contributed by atoms with Gasteiger partial charge in [0.25, 0.3) is 0 Å². The van der Waals surface area contributed by atoms with Gasteiger partial charge in [0.1, 0.15) is 22.7 Å². The lowest BCUT2D eigenvalue weighted by Gasteiger charge is -2.24. The monoisotopic (exact) mass is 556 g/mol. The molecule has 3 rings (SSSR count). The molecule has 0 unspecified atom stereocenters. The lowest BCUT2D eigenvalue weighted by Crippen LogP contribution is -2.24. The van der Waals surface area contributed by atoms with Gasteiger partial charge in [0.15, 0.2) is 0 Å². The summed E-state index contributed by atoms with van der Waals surface area (Å²) in [6, 6.07) is 27.8. The molecule has 0 aliphatic heterocycles. The van der Waals surface area contributed by atoms with E-state index in [9.17, 15) is 13.2 Å². The molecule has 3 aromatic carbocycles. The number of alkyl halides is 3. The van der Waals surface area contributed by atoms with E-state index in [1.165, 1.54) is 15.9 Å².